The van der Waals surface area contributed by atoms with Crippen LogP contribution >= 0.6 is 0 Å². The van der Waals surface area contributed by atoms with Gasteiger partial charge in [-0.05, 0) is 107 Å². The zero-order valence-electron chi connectivity index (χ0n) is 19.2. The van der Waals surface area contributed by atoms with Crippen molar-refractivity contribution in [2.24, 2.45) is 0 Å². The fourth-order valence-corrected chi connectivity index (χ4v) is 6.38. The van der Waals surface area contributed by atoms with E-state index in [9.17, 15) is 9.00 Å². The third-order valence-electron chi connectivity index (χ3n) is 7.18. The van der Waals surface area contributed by atoms with Crippen LogP contribution in [0.2, 0.25) is 0 Å². The van der Waals surface area contributed by atoms with E-state index in [0.717, 1.165) is 69.3 Å². The van der Waals surface area contributed by atoms with Gasteiger partial charge in [0.05, 0.1) is 11.7 Å². The summed E-state index contributed by atoms with van der Waals surface area (Å²) in [7, 11) is 0.406. The van der Waals surface area contributed by atoms with E-state index in [2.05, 4.69) is 47.0 Å². The van der Waals surface area contributed by atoms with Crippen molar-refractivity contribution in [3.8, 4) is 0 Å². The normalized spacial score (nSPS) is 21.1. The van der Waals surface area contributed by atoms with Gasteiger partial charge >= 0.3 is 6.03 Å². The second kappa shape index (κ2) is 8.63. The number of nitrogens with one attached hydrogen (secondary N) is 2. The third kappa shape index (κ3) is 3.88. The zero-order valence-corrected chi connectivity index (χ0v) is 20.1. The van der Waals surface area contributed by atoms with Crippen molar-refractivity contribution in [2.45, 2.75) is 82.3 Å². The Balaban J connectivity index is 1.35. The Morgan fingerprint density at radius 1 is 1.09 bits per heavy atom. The van der Waals surface area contributed by atoms with Crippen molar-refractivity contribution >= 4 is 22.7 Å². The summed E-state index contributed by atoms with van der Waals surface area (Å²) in [5.74, 6) is 0. The summed E-state index contributed by atoms with van der Waals surface area (Å²) in [5.41, 5.74) is 7.29. The molecule has 2 heterocycles. The lowest BCUT2D eigenvalue weighted by atomic mass is 9.99. The van der Waals surface area contributed by atoms with Crippen LogP contribution < -0.4 is 10.0 Å². The highest BCUT2D eigenvalue weighted by Crippen LogP contribution is 2.38. The topological polar surface area (TPSA) is 79.3 Å². The van der Waals surface area contributed by atoms with E-state index < -0.39 is 17.0 Å². The van der Waals surface area contributed by atoms with Crippen LogP contribution in [0.5, 0.6) is 0 Å². The molecular formula is C24H33N5O2S. The molecular weight excluding hydrogens is 422 g/mol. The lowest BCUT2D eigenvalue weighted by Crippen LogP contribution is -2.31. The number of hydrogen-bond donors (Lipinski definition) is 2. The second-order valence-electron chi connectivity index (χ2n) is 9.64. The number of hydrogen-bond acceptors (Lipinski definition) is 4. The van der Waals surface area contributed by atoms with Gasteiger partial charge in [0.15, 0.2) is 16.0 Å². The molecule has 5 rings (SSSR count). The van der Waals surface area contributed by atoms with Crippen molar-refractivity contribution in [3.05, 3.63) is 40.1 Å². The van der Waals surface area contributed by atoms with E-state index in [1.807, 2.05) is 10.7 Å². The molecule has 1 aromatic heterocycles. The monoisotopic (exact) mass is 455 g/mol. The minimum absolute atomic E-state index is 0.160. The first kappa shape index (κ1) is 21.6. The Morgan fingerprint density at radius 3 is 2.38 bits per heavy atom. The summed E-state index contributed by atoms with van der Waals surface area (Å²) < 4.78 is 17.6. The van der Waals surface area contributed by atoms with Crippen LogP contribution in [0.4, 0.5) is 10.5 Å². The number of carbonyl (C=O) groups is 1. The van der Waals surface area contributed by atoms with Crippen LogP contribution in [-0.2, 0) is 36.7 Å². The van der Waals surface area contributed by atoms with E-state index in [-0.39, 0.29) is 12.1 Å². The van der Waals surface area contributed by atoms with Gasteiger partial charge in [-0.3, -0.25) is 14.3 Å². The van der Waals surface area contributed by atoms with Gasteiger partial charge in [0, 0.05) is 11.7 Å². The van der Waals surface area contributed by atoms with Crippen LogP contribution in [-0.4, -0.2) is 38.5 Å². The van der Waals surface area contributed by atoms with Gasteiger partial charge in [-0.25, -0.2) is 9.00 Å². The van der Waals surface area contributed by atoms with Crippen LogP contribution in [0.15, 0.2) is 17.2 Å². The number of rotatable bonds is 5. The Kier molecular flexibility index (Phi) is 5.84. The highest BCUT2D eigenvalue weighted by molar-refractivity contribution is 7.83. The van der Waals surface area contributed by atoms with Gasteiger partial charge in [-0.15, -0.1) is 0 Å². The van der Waals surface area contributed by atoms with Crippen LogP contribution in [0, 0.1) is 0 Å². The fourth-order valence-electron chi connectivity index (χ4n) is 5.67. The summed E-state index contributed by atoms with van der Waals surface area (Å²) in [6.07, 6.45) is 8.63. The molecule has 1 fully saturated rings. The average molecular weight is 456 g/mol. The molecule has 2 aliphatic carbocycles. The molecule has 1 saturated heterocycles. The molecule has 8 heteroatoms. The molecule has 1 aliphatic heterocycles. The van der Waals surface area contributed by atoms with E-state index >= 15 is 0 Å². The largest absolute Gasteiger partial charge is 0.331 e. The molecule has 2 unspecified atom stereocenters. The maximum absolute atomic E-state index is 13.0. The summed E-state index contributed by atoms with van der Waals surface area (Å²) >= 11 is 0. The number of urea groups is 1. The van der Waals surface area contributed by atoms with Gasteiger partial charge in [-0.2, -0.15) is 5.10 Å². The van der Waals surface area contributed by atoms with Crippen molar-refractivity contribution in [3.63, 3.8) is 0 Å². The number of anilines is 1. The maximum atomic E-state index is 13.0. The molecule has 7 nitrogen and oxygen atoms in total. The molecule has 32 heavy (non-hydrogen) atoms. The minimum atomic E-state index is -1.71. The highest BCUT2D eigenvalue weighted by Gasteiger charge is 2.29. The lowest BCUT2D eigenvalue weighted by Gasteiger charge is -2.21. The molecule has 1 aromatic carbocycles. The number of amides is 2. The Hall–Kier alpha value is -2.19. The SMILES string of the molecule is CC(C)n1nc(S(=O)NC(=O)Nc2c3c(cc4c2CCC4)CCC3)cc1C1CCCN1C. The minimum Gasteiger partial charge on any atom is -0.307 e. The molecule has 2 atom stereocenters. The Bertz CT molecular complexity index is 1040. The number of benzene rings is 1. The first-order chi connectivity index (χ1) is 15.4. The van der Waals surface area contributed by atoms with Gasteiger partial charge in [0.1, 0.15) is 0 Å². The number of aryl methyl sites for hydroxylation is 2. The van der Waals surface area contributed by atoms with Crippen LogP contribution in [0.1, 0.15) is 79.6 Å². The molecule has 0 radical (unpaired) electrons. The molecule has 2 aromatic rings. The highest BCUT2D eigenvalue weighted by atomic mass is 32.2. The first-order valence-electron chi connectivity index (χ1n) is 11.9. The quantitative estimate of drug-likeness (QED) is 0.713. The predicted molar refractivity (Wildman–Crippen MR) is 126 cm³/mol. The number of carbonyl (C=O) groups excluding carboxylic acids is 1. The van der Waals surface area contributed by atoms with E-state index in [0.29, 0.717) is 5.03 Å². The first-order valence-corrected chi connectivity index (χ1v) is 13.0. The van der Waals surface area contributed by atoms with Gasteiger partial charge in [0.25, 0.3) is 0 Å². The fraction of sp³-hybridized carbons (Fsp3) is 0.583. The molecule has 2 N–H and O–H groups in total. The average Bonchev–Trinajstić information content (AvgIpc) is 3.53. The van der Waals surface area contributed by atoms with Crippen LogP contribution in [0.3, 0.4) is 0 Å². The Labute approximate surface area is 192 Å². The molecule has 172 valence electrons. The zero-order chi connectivity index (χ0) is 22.4. The lowest BCUT2D eigenvalue weighted by molar-refractivity contribution is 0.257. The number of aromatic nitrogens is 2. The Morgan fingerprint density at radius 2 is 1.78 bits per heavy atom. The summed E-state index contributed by atoms with van der Waals surface area (Å²) in [5, 5.41) is 8.09. The van der Waals surface area contributed by atoms with Crippen molar-refractivity contribution in [1.82, 2.24) is 19.4 Å². The molecule has 0 saturated carbocycles. The van der Waals surface area contributed by atoms with E-state index in [1.165, 1.54) is 22.3 Å². The maximum Gasteiger partial charge on any atom is 0.331 e. The van der Waals surface area contributed by atoms with E-state index in [1.54, 1.807) is 0 Å². The van der Waals surface area contributed by atoms with Crippen LogP contribution in [0.25, 0.3) is 0 Å². The number of fused-ring (bicyclic) bond motifs is 2. The predicted octanol–water partition coefficient (Wildman–Crippen LogP) is 4.05. The standard InChI is InChI=1S/C24H33N5O2S/c1-15(2)29-21(20-11-6-12-28(20)3)14-22(26-29)32(31)27-24(30)25-23-18-9-4-7-16(18)13-17-8-5-10-19(17)23/h13-15,20H,4-12H2,1-3H3,(H2,25,27,30). The van der Waals surface area contributed by atoms with E-state index in [4.69, 9.17) is 0 Å². The summed E-state index contributed by atoms with van der Waals surface area (Å²) in [6, 6.07) is 4.26. The van der Waals surface area contributed by atoms with Crippen molar-refractivity contribution < 1.29 is 9.00 Å². The van der Waals surface area contributed by atoms with Crippen molar-refractivity contribution in [1.29, 1.82) is 0 Å². The van der Waals surface area contributed by atoms with Gasteiger partial charge < -0.3 is 5.32 Å². The molecule has 0 bridgehead atoms. The second-order valence-corrected chi connectivity index (χ2v) is 10.8. The third-order valence-corrected chi connectivity index (χ3v) is 8.13. The summed E-state index contributed by atoms with van der Waals surface area (Å²) in [4.78, 5) is 15.2. The summed E-state index contributed by atoms with van der Waals surface area (Å²) in [6.45, 7) is 5.21. The van der Waals surface area contributed by atoms with Gasteiger partial charge in [0.2, 0.25) is 0 Å². The van der Waals surface area contributed by atoms with Crippen molar-refractivity contribution in [2.75, 3.05) is 18.9 Å². The molecule has 2 amide bonds. The molecule has 0 spiro atoms. The smallest absolute Gasteiger partial charge is 0.307 e. The van der Waals surface area contributed by atoms with Gasteiger partial charge in [-0.1, -0.05) is 6.07 Å². The number of likely N-dealkylation sites (tertiary alicyclic amines) is 1. The number of nitrogens with zero attached hydrogens (tertiary/aromatic N) is 3. The molecule has 3 aliphatic rings.